The predicted molar refractivity (Wildman–Crippen MR) is 205 cm³/mol. The number of carbonyl (C=O) groups is 7. The van der Waals surface area contributed by atoms with Gasteiger partial charge in [0.25, 0.3) is 0 Å². The highest BCUT2D eigenvalue weighted by Gasteiger charge is 2.39. The van der Waals surface area contributed by atoms with Crippen LogP contribution >= 0.6 is 11.8 Å². The van der Waals surface area contributed by atoms with Gasteiger partial charge in [0, 0.05) is 25.8 Å². The van der Waals surface area contributed by atoms with Crippen LogP contribution < -0.4 is 31.9 Å². The molecule has 14 nitrogen and oxygen atoms in total. The third kappa shape index (κ3) is 13.7. The maximum absolute atomic E-state index is 14.1. The lowest BCUT2D eigenvalue weighted by Crippen LogP contribution is -2.59. The first kappa shape index (κ1) is 43.3. The topological polar surface area (TPSA) is 195 Å². The molecule has 1 aromatic carbocycles. The summed E-state index contributed by atoms with van der Waals surface area (Å²) in [6.07, 6.45) is 6.28. The largest absolute Gasteiger partial charge is 0.357 e. The van der Waals surface area contributed by atoms with Gasteiger partial charge in [-0.05, 0) is 37.7 Å². The third-order valence-corrected chi connectivity index (χ3v) is 10.6. The van der Waals surface area contributed by atoms with Gasteiger partial charge in [-0.25, -0.2) is 0 Å². The molecule has 0 aliphatic carbocycles. The molecule has 0 radical (unpaired) electrons. The van der Waals surface area contributed by atoms with E-state index in [0.29, 0.717) is 57.9 Å². The fraction of sp³-hybridized carbons (Fsp3) is 0.658. The molecule has 2 aliphatic heterocycles. The number of benzene rings is 1. The normalized spacial score (nSPS) is 25.5. The number of carbonyl (C=O) groups excluding carboxylic acids is 7. The summed E-state index contributed by atoms with van der Waals surface area (Å²) in [5, 5.41) is 16.8. The van der Waals surface area contributed by atoms with Crippen LogP contribution in [0.3, 0.4) is 0 Å². The second kappa shape index (κ2) is 22.8. The van der Waals surface area contributed by atoms with Crippen LogP contribution in [0.4, 0.5) is 0 Å². The van der Waals surface area contributed by atoms with Gasteiger partial charge in [0.05, 0.1) is 5.75 Å². The second-order valence-electron chi connectivity index (χ2n) is 13.8. The molecule has 3 rings (SSSR count). The molecular formula is C38H59N7O7S. The molecule has 15 heteroatoms. The molecule has 2 aliphatic rings. The summed E-state index contributed by atoms with van der Waals surface area (Å²) in [7, 11) is 1.45. The summed E-state index contributed by atoms with van der Waals surface area (Å²) >= 11 is 1.12. The average Bonchev–Trinajstić information content (AvgIpc) is 3.65. The van der Waals surface area contributed by atoms with Crippen molar-refractivity contribution < 1.29 is 33.6 Å². The Kier molecular flexibility index (Phi) is 18.6. The number of nitrogens with zero attached hydrogens (tertiary/aromatic N) is 1. The first-order valence-corrected chi connectivity index (χ1v) is 20.3. The summed E-state index contributed by atoms with van der Waals surface area (Å²) in [4.78, 5) is 97.0. The van der Waals surface area contributed by atoms with Crippen LogP contribution in [0.2, 0.25) is 0 Å². The van der Waals surface area contributed by atoms with E-state index in [4.69, 9.17) is 0 Å². The number of hydrogen-bond acceptors (Lipinski definition) is 8. The Hall–Kier alpha value is -4.14. The quantitative estimate of drug-likeness (QED) is 0.186. The third-order valence-electron chi connectivity index (χ3n) is 9.59. The van der Waals surface area contributed by atoms with Crippen LogP contribution in [0.1, 0.15) is 97.0 Å². The van der Waals surface area contributed by atoms with E-state index < -0.39 is 77.6 Å². The number of fused-ring (bicyclic) bond motifs is 1. The standard InChI is InChI=1S/C38H59N7O7S/c1-5-8-17-26-34(48)41-27(18-9-6-2)35(49)43-28(19-10-7-3)38(52)45-21-14-20-31(45)37(51)44-30(33(47)39-4)23-53-24-32(46)40-29(36(50)42-26)22-25-15-12-11-13-16-25/h11-13,15-16,26-31H,5-10,14,17-24H2,1-4H3,(H,39,47)(H,40,46)(H,41,48)(H,42,50)(H,43,49)(H,44,51)/t26-,27-,28-,29-,30+,31?/m0/s1. The average molecular weight is 758 g/mol. The molecule has 2 heterocycles. The zero-order chi connectivity index (χ0) is 38.8. The molecule has 0 spiro atoms. The maximum atomic E-state index is 14.1. The van der Waals surface area contributed by atoms with Crippen molar-refractivity contribution in [1.29, 1.82) is 0 Å². The Bertz CT molecular complexity index is 1400. The van der Waals surface area contributed by atoms with Crippen LogP contribution in [0.5, 0.6) is 0 Å². The Labute approximate surface area is 317 Å². The van der Waals surface area contributed by atoms with E-state index in [9.17, 15) is 33.6 Å². The van der Waals surface area contributed by atoms with Crippen LogP contribution in [0, 0.1) is 0 Å². The number of likely N-dealkylation sites (N-methyl/N-ethyl adjacent to an activating group) is 1. The van der Waals surface area contributed by atoms with Crippen molar-refractivity contribution in [2.24, 2.45) is 0 Å². The van der Waals surface area contributed by atoms with E-state index in [1.165, 1.54) is 11.9 Å². The van der Waals surface area contributed by atoms with Gasteiger partial charge in [-0.15, -0.1) is 11.8 Å². The zero-order valence-electron chi connectivity index (χ0n) is 31.7. The summed E-state index contributed by atoms with van der Waals surface area (Å²) in [5.74, 6) is -3.45. The lowest BCUT2D eigenvalue weighted by molar-refractivity contribution is -0.142. The van der Waals surface area contributed by atoms with Gasteiger partial charge < -0.3 is 36.8 Å². The molecule has 6 N–H and O–H groups in total. The molecule has 1 unspecified atom stereocenters. The summed E-state index contributed by atoms with van der Waals surface area (Å²) < 4.78 is 0. The molecule has 7 amide bonds. The van der Waals surface area contributed by atoms with Crippen molar-refractivity contribution in [3.63, 3.8) is 0 Å². The number of hydrogen-bond donors (Lipinski definition) is 6. The highest BCUT2D eigenvalue weighted by atomic mass is 32.2. The molecule has 0 saturated carbocycles. The Balaban J connectivity index is 2.01. The fourth-order valence-electron chi connectivity index (χ4n) is 6.53. The summed E-state index contributed by atoms with van der Waals surface area (Å²) in [6.45, 7) is 6.23. The monoisotopic (exact) mass is 757 g/mol. The highest BCUT2D eigenvalue weighted by molar-refractivity contribution is 8.00. The molecule has 6 atom stereocenters. The van der Waals surface area contributed by atoms with E-state index in [1.807, 2.05) is 51.1 Å². The van der Waals surface area contributed by atoms with Crippen molar-refractivity contribution in [2.75, 3.05) is 25.1 Å². The Morgan fingerprint density at radius 1 is 0.736 bits per heavy atom. The molecule has 2 fully saturated rings. The van der Waals surface area contributed by atoms with E-state index in [-0.39, 0.29) is 17.9 Å². The number of rotatable bonds is 12. The van der Waals surface area contributed by atoms with Crippen LogP contribution in [0.25, 0.3) is 0 Å². The second-order valence-corrected chi connectivity index (χ2v) is 14.8. The van der Waals surface area contributed by atoms with Gasteiger partial charge in [0.2, 0.25) is 41.4 Å². The van der Waals surface area contributed by atoms with Crippen molar-refractivity contribution in [3.05, 3.63) is 35.9 Å². The summed E-state index contributed by atoms with van der Waals surface area (Å²) in [5.41, 5.74) is 0.799. The van der Waals surface area contributed by atoms with Gasteiger partial charge in [-0.1, -0.05) is 89.6 Å². The first-order valence-electron chi connectivity index (χ1n) is 19.2. The van der Waals surface area contributed by atoms with E-state index >= 15 is 0 Å². The van der Waals surface area contributed by atoms with Crippen LogP contribution in [-0.4, -0.2) is 108 Å². The van der Waals surface area contributed by atoms with Crippen molar-refractivity contribution in [2.45, 2.75) is 134 Å². The van der Waals surface area contributed by atoms with Gasteiger partial charge in [-0.2, -0.15) is 0 Å². The van der Waals surface area contributed by atoms with Gasteiger partial charge in [0.1, 0.15) is 36.3 Å². The molecule has 0 aromatic heterocycles. The highest BCUT2D eigenvalue weighted by Crippen LogP contribution is 2.21. The molecule has 2 saturated heterocycles. The van der Waals surface area contributed by atoms with Crippen LogP contribution in [-0.2, 0) is 40.0 Å². The van der Waals surface area contributed by atoms with Crippen molar-refractivity contribution >= 4 is 53.1 Å². The van der Waals surface area contributed by atoms with Crippen LogP contribution in [0.15, 0.2) is 30.3 Å². The lowest BCUT2D eigenvalue weighted by atomic mass is 10.0. The minimum atomic E-state index is -1.02. The van der Waals surface area contributed by atoms with Gasteiger partial charge in [0.15, 0.2) is 0 Å². The first-order chi connectivity index (χ1) is 25.5. The smallest absolute Gasteiger partial charge is 0.245 e. The van der Waals surface area contributed by atoms with E-state index in [1.54, 1.807) is 0 Å². The number of thioether (sulfide) groups is 1. The van der Waals surface area contributed by atoms with Crippen molar-refractivity contribution in [1.82, 2.24) is 36.8 Å². The summed E-state index contributed by atoms with van der Waals surface area (Å²) in [6, 6.07) is 3.44. The number of unbranched alkanes of at least 4 members (excludes halogenated alkanes) is 3. The zero-order valence-corrected chi connectivity index (χ0v) is 32.5. The fourth-order valence-corrected chi connectivity index (χ4v) is 7.39. The minimum Gasteiger partial charge on any atom is -0.357 e. The van der Waals surface area contributed by atoms with E-state index in [2.05, 4.69) is 31.9 Å². The SMILES string of the molecule is CCCC[C@@H]1NC(=O)[C@H](Cc2ccccc2)NC(=O)CSC[C@H](C(=O)NC)NC(=O)C2CCCN2C(=O)[C@H](CCCC)NC(=O)[C@H](CCCC)NC1=O. The molecular weight excluding hydrogens is 699 g/mol. The molecule has 294 valence electrons. The van der Waals surface area contributed by atoms with Gasteiger partial charge >= 0.3 is 0 Å². The Morgan fingerprint density at radius 3 is 1.85 bits per heavy atom. The maximum Gasteiger partial charge on any atom is 0.245 e. The van der Waals surface area contributed by atoms with E-state index in [0.717, 1.165) is 36.6 Å². The molecule has 53 heavy (non-hydrogen) atoms. The van der Waals surface area contributed by atoms with Crippen molar-refractivity contribution in [3.8, 4) is 0 Å². The lowest BCUT2D eigenvalue weighted by Gasteiger charge is -2.31. The number of nitrogens with one attached hydrogen (secondary N) is 6. The predicted octanol–water partition coefficient (Wildman–Crippen LogP) is 1.71. The number of amides is 7. The molecule has 0 bridgehead atoms. The molecule has 1 aromatic rings. The minimum absolute atomic E-state index is 0.0582. The Morgan fingerprint density at radius 2 is 1.28 bits per heavy atom. The van der Waals surface area contributed by atoms with Gasteiger partial charge in [-0.3, -0.25) is 33.6 Å².